The fraction of sp³-hybridized carbons (Fsp3) is 0.263. The third-order valence-electron chi connectivity index (χ3n) is 3.76. The lowest BCUT2D eigenvalue weighted by Crippen LogP contribution is -2.31. The number of esters is 1. The summed E-state index contributed by atoms with van der Waals surface area (Å²) >= 11 is 0. The Balaban J connectivity index is 1.95. The van der Waals surface area contributed by atoms with Crippen molar-refractivity contribution >= 4 is 5.97 Å². The summed E-state index contributed by atoms with van der Waals surface area (Å²) in [5.74, 6) is -0.983. The Morgan fingerprint density at radius 3 is 2.30 bits per heavy atom. The van der Waals surface area contributed by atoms with Crippen molar-refractivity contribution in [2.45, 2.75) is 24.9 Å². The van der Waals surface area contributed by atoms with E-state index in [0.717, 1.165) is 5.56 Å². The van der Waals surface area contributed by atoms with Gasteiger partial charge >= 0.3 is 11.6 Å². The van der Waals surface area contributed by atoms with Crippen LogP contribution in [0.2, 0.25) is 0 Å². The first kappa shape index (κ1) is 16.7. The van der Waals surface area contributed by atoms with Crippen LogP contribution in [0.4, 0.5) is 4.39 Å². The average Bonchev–Trinajstić information content (AvgIpc) is 2.62. The molecular weight excluding hydrogens is 293 g/mol. The summed E-state index contributed by atoms with van der Waals surface area (Å²) in [6.45, 7) is 2.07. The van der Waals surface area contributed by atoms with E-state index >= 15 is 0 Å². The number of rotatable bonds is 6. The van der Waals surface area contributed by atoms with E-state index in [-0.39, 0.29) is 18.1 Å². The van der Waals surface area contributed by atoms with Gasteiger partial charge in [0.15, 0.2) is 0 Å². The molecule has 0 radical (unpaired) electrons. The van der Waals surface area contributed by atoms with Crippen molar-refractivity contribution in [3.8, 4) is 6.07 Å². The first-order chi connectivity index (χ1) is 11.1. The van der Waals surface area contributed by atoms with Gasteiger partial charge < -0.3 is 4.74 Å². The third kappa shape index (κ3) is 3.95. The fourth-order valence-electron chi connectivity index (χ4n) is 2.27. The van der Waals surface area contributed by atoms with Gasteiger partial charge in [-0.25, -0.2) is 9.18 Å². The number of halogens is 1. The highest BCUT2D eigenvalue weighted by molar-refractivity contribution is 5.84. The number of benzene rings is 2. The molecule has 0 fully saturated rings. The molecule has 1 unspecified atom stereocenters. The third-order valence-corrected chi connectivity index (χ3v) is 3.76. The van der Waals surface area contributed by atoms with Crippen molar-refractivity contribution in [2.75, 3.05) is 6.61 Å². The smallest absolute Gasteiger partial charge is 0.363 e. The number of carbonyl (C=O) groups excluding carboxylic acids is 1. The highest BCUT2D eigenvalue weighted by Crippen LogP contribution is 2.27. The van der Waals surface area contributed by atoms with Crippen LogP contribution in [-0.2, 0) is 15.2 Å². The minimum absolute atomic E-state index is 0.0105. The van der Waals surface area contributed by atoms with Crippen LogP contribution in [0.3, 0.4) is 0 Å². The Bertz CT molecular complexity index is 682. The maximum absolute atomic E-state index is 14.7. The molecule has 0 saturated carbocycles. The van der Waals surface area contributed by atoms with Gasteiger partial charge in [0.25, 0.3) is 0 Å². The molecule has 2 atom stereocenters. The predicted octanol–water partition coefficient (Wildman–Crippen LogP) is 4.11. The predicted molar refractivity (Wildman–Crippen MR) is 85.3 cm³/mol. The number of hydrogen-bond donors (Lipinski definition) is 0. The van der Waals surface area contributed by atoms with E-state index in [4.69, 9.17) is 10.00 Å². The number of alkyl halides is 1. The lowest BCUT2D eigenvalue weighted by molar-refractivity contribution is -0.154. The summed E-state index contributed by atoms with van der Waals surface area (Å²) in [4.78, 5) is 12.0. The molecule has 0 spiro atoms. The van der Waals surface area contributed by atoms with Gasteiger partial charge in [0.2, 0.25) is 0 Å². The highest BCUT2D eigenvalue weighted by Gasteiger charge is 2.42. The van der Waals surface area contributed by atoms with Crippen molar-refractivity contribution in [1.29, 1.82) is 5.26 Å². The van der Waals surface area contributed by atoms with Gasteiger partial charge in [-0.15, -0.1) is 0 Å². The minimum atomic E-state index is -2.77. The second-order valence-corrected chi connectivity index (χ2v) is 5.37. The van der Waals surface area contributed by atoms with Crippen molar-refractivity contribution < 1.29 is 13.9 Å². The zero-order valence-corrected chi connectivity index (χ0v) is 12.9. The Morgan fingerprint density at radius 1 is 1.17 bits per heavy atom. The van der Waals surface area contributed by atoms with Crippen LogP contribution in [-0.4, -0.2) is 12.6 Å². The van der Waals surface area contributed by atoms with Crippen LogP contribution in [0.15, 0.2) is 60.7 Å². The van der Waals surface area contributed by atoms with E-state index < -0.39 is 11.6 Å². The summed E-state index contributed by atoms with van der Waals surface area (Å²) in [6.07, 6.45) is 0.562. The maximum atomic E-state index is 14.7. The van der Waals surface area contributed by atoms with Crippen molar-refractivity contribution in [3.05, 3.63) is 71.8 Å². The monoisotopic (exact) mass is 311 g/mol. The number of nitrogens with zero attached hydrogens (tertiary/aromatic N) is 1. The van der Waals surface area contributed by atoms with Gasteiger partial charge in [0.1, 0.15) is 6.07 Å². The first-order valence-electron chi connectivity index (χ1n) is 7.46. The van der Waals surface area contributed by atoms with Crippen molar-refractivity contribution in [3.63, 3.8) is 0 Å². The molecule has 118 valence electrons. The second kappa shape index (κ2) is 7.55. The lowest BCUT2D eigenvalue weighted by Gasteiger charge is -2.17. The molecule has 0 aliphatic heterocycles. The Morgan fingerprint density at radius 2 is 1.74 bits per heavy atom. The molecule has 3 nitrogen and oxygen atoms in total. The van der Waals surface area contributed by atoms with Gasteiger partial charge in [-0.2, -0.15) is 5.26 Å². The van der Waals surface area contributed by atoms with E-state index in [1.807, 2.05) is 37.3 Å². The van der Waals surface area contributed by atoms with Crippen LogP contribution in [0.1, 0.15) is 30.4 Å². The van der Waals surface area contributed by atoms with Crippen LogP contribution in [0.25, 0.3) is 0 Å². The van der Waals surface area contributed by atoms with Crippen LogP contribution in [0, 0.1) is 11.3 Å². The number of carbonyl (C=O) groups is 1. The zero-order chi connectivity index (χ0) is 16.7. The molecule has 0 N–H and O–H groups in total. The highest BCUT2D eigenvalue weighted by atomic mass is 19.1. The topological polar surface area (TPSA) is 50.1 Å². The molecule has 23 heavy (non-hydrogen) atoms. The fourth-order valence-corrected chi connectivity index (χ4v) is 2.27. The second-order valence-electron chi connectivity index (χ2n) is 5.37. The number of hydrogen-bond acceptors (Lipinski definition) is 3. The quantitative estimate of drug-likeness (QED) is 0.754. The molecule has 0 aliphatic rings. The largest absolute Gasteiger partial charge is 0.462 e. The molecule has 0 amide bonds. The molecule has 2 aromatic rings. The van der Waals surface area contributed by atoms with Gasteiger partial charge in [0, 0.05) is 5.56 Å². The Hall–Kier alpha value is -2.67. The number of nitriles is 1. The van der Waals surface area contributed by atoms with Crippen LogP contribution >= 0.6 is 0 Å². The SMILES string of the molecule is CC(CCOC(=O)[C@@](F)(C#N)c1ccccc1)c1ccccc1. The summed E-state index contributed by atoms with van der Waals surface area (Å²) < 4.78 is 19.7. The van der Waals surface area contributed by atoms with E-state index in [0.29, 0.717) is 6.42 Å². The van der Waals surface area contributed by atoms with Crippen molar-refractivity contribution in [1.82, 2.24) is 0 Å². The molecule has 2 rings (SSSR count). The summed E-state index contributed by atoms with van der Waals surface area (Å²) in [6, 6.07) is 18.9. The normalized spacial score (nSPS) is 14.3. The van der Waals surface area contributed by atoms with E-state index in [9.17, 15) is 9.18 Å². The Labute approximate surface area is 135 Å². The molecule has 0 aliphatic carbocycles. The molecule has 0 heterocycles. The molecule has 0 saturated heterocycles. The van der Waals surface area contributed by atoms with Gasteiger partial charge in [0.05, 0.1) is 6.61 Å². The van der Waals surface area contributed by atoms with Crippen LogP contribution in [0.5, 0.6) is 0 Å². The molecular formula is C19H18FNO2. The summed E-state index contributed by atoms with van der Waals surface area (Å²) in [5, 5.41) is 9.07. The summed E-state index contributed by atoms with van der Waals surface area (Å²) in [7, 11) is 0. The van der Waals surface area contributed by atoms with Gasteiger partial charge in [-0.1, -0.05) is 67.6 Å². The first-order valence-corrected chi connectivity index (χ1v) is 7.46. The molecule has 2 aromatic carbocycles. The lowest BCUT2D eigenvalue weighted by atomic mass is 9.97. The van der Waals surface area contributed by atoms with Crippen molar-refractivity contribution in [2.24, 2.45) is 0 Å². The van der Waals surface area contributed by atoms with Crippen LogP contribution < -0.4 is 0 Å². The van der Waals surface area contributed by atoms with E-state index in [2.05, 4.69) is 0 Å². The Kier molecular flexibility index (Phi) is 5.48. The molecule has 0 bridgehead atoms. The van der Waals surface area contributed by atoms with E-state index in [1.165, 1.54) is 18.2 Å². The standard InChI is InChI=1S/C19H18FNO2/c1-15(16-8-4-2-5-9-16)12-13-23-18(22)19(20,14-21)17-10-6-3-7-11-17/h2-11,15H,12-13H2,1H3/t15?,19-/m1/s1. The minimum Gasteiger partial charge on any atom is -0.462 e. The number of ether oxygens (including phenoxy) is 1. The summed E-state index contributed by atoms with van der Waals surface area (Å²) in [5.41, 5.74) is -1.65. The average molecular weight is 311 g/mol. The zero-order valence-electron chi connectivity index (χ0n) is 12.9. The van der Waals surface area contributed by atoms with E-state index in [1.54, 1.807) is 18.2 Å². The molecule has 4 heteroatoms. The van der Waals surface area contributed by atoms with Gasteiger partial charge in [-0.05, 0) is 17.9 Å². The molecule has 0 aromatic heterocycles. The van der Waals surface area contributed by atoms with Gasteiger partial charge in [-0.3, -0.25) is 0 Å². The maximum Gasteiger partial charge on any atom is 0.363 e.